The van der Waals surface area contributed by atoms with E-state index in [-0.39, 0.29) is 5.78 Å². The average molecular weight is 231 g/mol. The summed E-state index contributed by atoms with van der Waals surface area (Å²) in [7, 11) is 0. The third-order valence-corrected chi connectivity index (χ3v) is 3.85. The Kier molecular flexibility index (Phi) is 2.12. The zero-order chi connectivity index (χ0) is 11.1. The van der Waals surface area contributed by atoms with E-state index < -0.39 is 11.4 Å². The third-order valence-electron chi connectivity index (χ3n) is 2.71. The zero-order valence-electron chi connectivity index (χ0n) is 8.40. The van der Waals surface area contributed by atoms with Gasteiger partial charge in [-0.3, -0.25) is 4.79 Å². The van der Waals surface area contributed by atoms with Gasteiger partial charge in [-0.25, -0.2) is 0 Å². The van der Waals surface area contributed by atoms with Crippen LogP contribution in [0.3, 0.4) is 0 Å². The van der Waals surface area contributed by atoms with Crippen LogP contribution in [0.25, 0.3) is 5.57 Å². The minimum absolute atomic E-state index is 0.000327. The van der Waals surface area contributed by atoms with Crippen LogP contribution in [0.15, 0.2) is 47.0 Å². The summed E-state index contributed by atoms with van der Waals surface area (Å²) < 4.78 is 14.7. The molecule has 1 atom stereocenters. The molecule has 16 heavy (non-hydrogen) atoms. The summed E-state index contributed by atoms with van der Waals surface area (Å²) in [4.78, 5) is 12.4. The Balaban J connectivity index is 2.25. The molecule has 0 spiro atoms. The summed E-state index contributed by atoms with van der Waals surface area (Å²) in [5.41, 5.74) is 2.23. The van der Waals surface area contributed by atoms with Gasteiger partial charge in [-0.05, 0) is 12.1 Å². The monoisotopic (exact) mass is 231 g/mol. The molecule has 1 N–H and O–H groups in total. The van der Waals surface area contributed by atoms with Gasteiger partial charge in [0.1, 0.15) is 17.1 Å². The minimum Gasteiger partial charge on any atom is -0.588 e. The molecule has 80 valence electrons. The van der Waals surface area contributed by atoms with Crippen LogP contribution in [0.4, 0.5) is 0 Å². The number of hydrogen-bond donors (Lipinski definition) is 1. The number of carbonyl (C=O) groups is 1. The molecule has 0 bridgehead atoms. The fourth-order valence-electron chi connectivity index (χ4n) is 1.95. The molecule has 1 aromatic rings. The maximum absolute atomic E-state index is 11.9. The van der Waals surface area contributed by atoms with Crippen LogP contribution in [0, 0.1) is 0 Å². The molecule has 1 aliphatic carbocycles. The highest BCUT2D eigenvalue weighted by molar-refractivity contribution is 7.89. The number of ketones is 1. The molecule has 4 heteroatoms. The second-order valence-corrected chi connectivity index (χ2v) is 4.87. The van der Waals surface area contributed by atoms with Gasteiger partial charge < -0.3 is 4.55 Å². The molecule has 0 fully saturated rings. The number of carbonyl (C=O) groups excluding carboxylic acids is 1. The molecular weight excluding hydrogens is 222 g/mol. The van der Waals surface area contributed by atoms with Gasteiger partial charge in [0.25, 0.3) is 0 Å². The smallest absolute Gasteiger partial charge is 0.187 e. The van der Waals surface area contributed by atoms with E-state index in [1.54, 1.807) is 0 Å². The van der Waals surface area contributed by atoms with E-state index in [1.807, 2.05) is 36.4 Å². The van der Waals surface area contributed by atoms with Gasteiger partial charge in [-0.2, -0.15) is 4.72 Å². The van der Waals surface area contributed by atoms with Gasteiger partial charge in [0.05, 0.1) is 0 Å². The first kappa shape index (κ1) is 9.69. The van der Waals surface area contributed by atoms with E-state index in [1.165, 1.54) is 0 Å². The van der Waals surface area contributed by atoms with Crippen molar-refractivity contribution >= 4 is 22.7 Å². The van der Waals surface area contributed by atoms with Crippen molar-refractivity contribution in [1.82, 2.24) is 4.72 Å². The van der Waals surface area contributed by atoms with Gasteiger partial charge in [0, 0.05) is 17.6 Å². The molecule has 1 aliphatic heterocycles. The van der Waals surface area contributed by atoms with E-state index in [9.17, 15) is 9.35 Å². The Morgan fingerprint density at radius 3 is 3.00 bits per heavy atom. The Morgan fingerprint density at radius 1 is 1.31 bits per heavy atom. The predicted molar refractivity (Wildman–Crippen MR) is 61.7 cm³/mol. The highest BCUT2D eigenvalue weighted by Gasteiger charge is 2.31. The molecule has 3 nitrogen and oxygen atoms in total. The van der Waals surface area contributed by atoms with Crippen LogP contribution < -0.4 is 4.72 Å². The average Bonchev–Trinajstić information content (AvgIpc) is 2.31. The molecule has 0 radical (unpaired) electrons. The quantitative estimate of drug-likeness (QED) is 0.689. The van der Waals surface area contributed by atoms with Crippen molar-refractivity contribution < 1.29 is 9.35 Å². The SMILES string of the molecule is O=C1CC=CC2=C1N[S+]([O-])c1ccccc12. The second kappa shape index (κ2) is 3.50. The summed E-state index contributed by atoms with van der Waals surface area (Å²) in [6.07, 6.45) is 4.14. The number of benzene rings is 1. The third kappa shape index (κ3) is 1.31. The molecule has 2 aliphatic rings. The van der Waals surface area contributed by atoms with Crippen molar-refractivity contribution in [2.75, 3.05) is 0 Å². The molecule has 1 unspecified atom stereocenters. The van der Waals surface area contributed by atoms with Crippen molar-refractivity contribution in [3.8, 4) is 0 Å². The van der Waals surface area contributed by atoms with Gasteiger partial charge in [0.2, 0.25) is 0 Å². The van der Waals surface area contributed by atoms with Crippen molar-refractivity contribution in [3.05, 3.63) is 47.7 Å². The zero-order valence-corrected chi connectivity index (χ0v) is 9.21. The lowest BCUT2D eigenvalue weighted by Crippen LogP contribution is -2.33. The molecule has 0 saturated heterocycles. The lowest BCUT2D eigenvalue weighted by Gasteiger charge is -2.24. The molecule has 3 rings (SSSR count). The van der Waals surface area contributed by atoms with E-state index in [0.29, 0.717) is 12.1 Å². The largest absolute Gasteiger partial charge is 0.588 e. The van der Waals surface area contributed by atoms with Gasteiger partial charge >= 0.3 is 0 Å². The number of allylic oxidation sites excluding steroid dienone is 4. The summed E-state index contributed by atoms with van der Waals surface area (Å²) in [6, 6.07) is 7.44. The fourth-order valence-corrected chi connectivity index (χ4v) is 3.05. The Bertz CT molecular complexity index is 534. The van der Waals surface area contributed by atoms with E-state index >= 15 is 0 Å². The summed E-state index contributed by atoms with van der Waals surface area (Å²) in [5.74, 6) is 0.000327. The topological polar surface area (TPSA) is 52.2 Å². The normalized spacial score (nSPS) is 22.6. The maximum atomic E-state index is 11.9. The van der Waals surface area contributed by atoms with Crippen LogP contribution in [0.1, 0.15) is 12.0 Å². The Hall–Kier alpha value is -1.52. The van der Waals surface area contributed by atoms with Crippen molar-refractivity contribution in [2.45, 2.75) is 11.3 Å². The van der Waals surface area contributed by atoms with Gasteiger partial charge in [-0.15, -0.1) is 0 Å². The lowest BCUT2D eigenvalue weighted by molar-refractivity contribution is -0.115. The van der Waals surface area contributed by atoms with Crippen LogP contribution in [0.2, 0.25) is 0 Å². The van der Waals surface area contributed by atoms with Crippen LogP contribution >= 0.6 is 0 Å². The number of hydrogen-bond acceptors (Lipinski definition) is 3. The highest BCUT2D eigenvalue weighted by atomic mass is 32.2. The van der Waals surface area contributed by atoms with E-state index in [2.05, 4.69) is 4.72 Å². The first-order valence-electron chi connectivity index (χ1n) is 4.99. The second-order valence-electron chi connectivity index (χ2n) is 3.69. The summed E-state index contributed by atoms with van der Waals surface area (Å²) in [6.45, 7) is 0. The Morgan fingerprint density at radius 2 is 2.12 bits per heavy atom. The number of rotatable bonds is 0. The Labute approximate surface area is 96.2 Å². The lowest BCUT2D eigenvalue weighted by atomic mass is 9.96. The minimum atomic E-state index is -1.32. The van der Waals surface area contributed by atoms with Gasteiger partial charge in [0.15, 0.2) is 10.7 Å². The van der Waals surface area contributed by atoms with Crippen LogP contribution in [-0.2, 0) is 16.2 Å². The molecule has 1 heterocycles. The highest BCUT2D eigenvalue weighted by Crippen LogP contribution is 2.33. The van der Waals surface area contributed by atoms with Crippen molar-refractivity contribution in [2.24, 2.45) is 0 Å². The first-order chi connectivity index (χ1) is 7.77. The van der Waals surface area contributed by atoms with E-state index in [0.717, 1.165) is 16.0 Å². The molecule has 0 saturated carbocycles. The summed E-state index contributed by atoms with van der Waals surface area (Å²) >= 11 is -1.32. The van der Waals surface area contributed by atoms with Crippen LogP contribution in [-0.4, -0.2) is 10.3 Å². The maximum Gasteiger partial charge on any atom is 0.187 e. The molecule has 0 aromatic heterocycles. The number of fused-ring (bicyclic) bond motifs is 2. The van der Waals surface area contributed by atoms with Crippen molar-refractivity contribution in [3.63, 3.8) is 0 Å². The fraction of sp³-hybridized carbons (Fsp3) is 0.0833. The van der Waals surface area contributed by atoms with Crippen LogP contribution in [0.5, 0.6) is 0 Å². The molecule has 1 aromatic carbocycles. The number of nitrogens with one attached hydrogen (secondary N) is 1. The molecule has 0 amide bonds. The van der Waals surface area contributed by atoms with E-state index in [4.69, 9.17) is 0 Å². The molecular formula is C12H9NO2S. The van der Waals surface area contributed by atoms with Crippen molar-refractivity contribution in [1.29, 1.82) is 0 Å². The standard InChI is InChI=1S/C12H9NO2S/c14-10-6-3-5-9-8-4-1-2-7-11(8)16(15)13-12(9)10/h1-5,7,13H,6H2. The first-order valence-corrected chi connectivity index (χ1v) is 6.14. The van der Waals surface area contributed by atoms with Gasteiger partial charge in [-0.1, -0.05) is 24.3 Å². The predicted octanol–water partition coefficient (Wildman–Crippen LogP) is 1.55. The number of Topliss-reactive ketones (excluding diaryl/α,β-unsaturated/α-hetero) is 1. The summed E-state index contributed by atoms with van der Waals surface area (Å²) in [5, 5.41) is 0.